The van der Waals surface area contributed by atoms with Gasteiger partial charge in [0.05, 0.1) is 6.04 Å². The van der Waals surface area contributed by atoms with Crippen LogP contribution in [0, 0.1) is 0 Å². The van der Waals surface area contributed by atoms with Crippen LogP contribution in [0.3, 0.4) is 0 Å². The largest absolute Gasteiger partial charge is 0.336 e. The van der Waals surface area contributed by atoms with Crippen molar-refractivity contribution >= 4 is 21.8 Å². The van der Waals surface area contributed by atoms with Gasteiger partial charge >= 0.3 is 0 Å². The second-order valence-electron chi connectivity index (χ2n) is 3.75. The summed E-state index contributed by atoms with van der Waals surface area (Å²) in [6.07, 6.45) is 3.86. The summed E-state index contributed by atoms with van der Waals surface area (Å²) >= 11 is 3.43. The molecule has 4 heteroatoms. The van der Waals surface area contributed by atoms with E-state index in [-0.39, 0.29) is 11.9 Å². The molecule has 0 aromatic carbocycles. The molecule has 1 aliphatic rings. The molecule has 1 fully saturated rings. The van der Waals surface area contributed by atoms with E-state index in [2.05, 4.69) is 20.9 Å². The summed E-state index contributed by atoms with van der Waals surface area (Å²) in [7, 11) is 0. The molecule has 1 aliphatic heterocycles. The van der Waals surface area contributed by atoms with Crippen LogP contribution in [0.1, 0.15) is 31.4 Å². The molecule has 3 nitrogen and oxygen atoms in total. The van der Waals surface area contributed by atoms with Gasteiger partial charge in [0.1, 0.15) is 4.60 Å². The maximum atomic E-state index is 11.4. The lowest BCUT2D eigenvalue weighted by atomic mass is 10.1. The molecule has 15 heavy (non-hydrogen) atoms. The Labute approximate surface area is 97.6 Å². The Balaban J connectivity index is 2.30. The molecule has 1 amide bonds. The molecule has 0 saturated carbocycles. The van der Waals surface area contributed by atoms with E-state index in [0.717, 1.165) is 29.6 Å². The number of hydrogen-bond acceptors (Lipinski definition) is 2. The van der Waals surface area contributed by atoms with Crippen LogP contribution in [0.25, 0.3) is 0 Å². The average molecular weight is 269 g/mol. The predicted molar refractivity (Wildman–Crippen MR) is 61.3 cm³/mol. The van der Waals surface area contributed by atoms with Gasteiger partial charge in [0.15, 0.2) is 0 Å². The number of rotatable bonds is 1. The minimum atomic E-state index is 0.147. The third kappa shape index (κ3) is 2.04. The number of aromatic nitrogens is 1. The molecule has 1 aromatic rings. The zero-order valence-electron chi connectivity index (χ0n) is 8.61. The molecule has 1 saturated heterocycles. The zero-order valence-corrected chi connectivity index (χ0v) is 10.2. The number of halogens is 1. The number of amides is 1. The van der Waals surface area contributed by atoms with Crippen LogP contribution in [0.15, 0.2) is 22.9 Å². The Morgan fingerprint density at radius 2 is 2.47 bits per heavy atom. The Bertz CT molecular complexity index is 381. The first kappa shape index (κ1) is 10.6. The average Bonchev–Trinajstić information content (AvgIpc) is 2.67. The van der Waals surface area contributed by atoms with Gasteiger partial charge in [0.25, 0.3) is 0 Å². The normalized spacial score (nSPS) is 20.7. The number of carbonyl (C=O) groups excluding carboxylic acids is 1. The van der Waals surface area contributed by atoms with Gasteiger partial charge < -0.3 is 4.90 Å². The van der Waals surface area contributed by atoms with Crippen molar-refractivity contribution in [3.05, 3.63) is 28.5 Å². The van der Waals surface area contributed by atoms with Gasteiger partial charge in [-0.1, -0.05) is 6.07 Å². The number of nitrogens with zero attached hydrogens (tertiary/aromatic N) is 2. The van der Waals surface area contributed by atoms with E-state index in [0.29, 0.717) is 0 Å². The summed E-state index contributed by atoms with van der Waals surface area (Å²) in [5.74, 6) is 0.147. The van der Waals surface area contributed by atoms with E-state index in [9.17, 15) is 4.79 Å². The molecule has 2 heterocycles. The lowest BCUT2D eigenvalue weighted by Crippen LogP contribution is -2.28. The van der Waals surface area contributed by atoms with Crippen molar-refractivity contribution in [2.75, 3.05) is 6.54 Å². The van der Waals surface area contributed by atoms with E-state index in [4.69, 9.17) is 0 Å². The fourth-order valence-corrected chi connectivity index (χ4v) is 2.63. The number of likely N-dealkylation sites (tertiary alicyclic amines) is 1. The van der Waals surface area contributed by atoms with Crippen LogP contribution in [-0.4, -0.2) is 22.3 Å². The molecule has 0 radical (unpaired) electrons. The van der Waals surface area contributed by atoms with Crippen LogP contribution in [0.5, 0.6) is 0 Å². The highest BCUT2D eigenvalue weighted by molar-refractivity contribution is 9.10. The topological polar surface area (TPSA) is 33.2 Å². The second-order valence-corrected chi connectivity index (χ2v) is 4.51. The van der Waals surface area contributed by atoms with Crippen LogP contribution in [0.4, 0.5) is 0 Å². The maximum Gasteiger partial charge on any atom is 0.219 e. The fourth-order valence-electron chi connectivity index (χ4n) is 2.11. The standard InChI is InChI=1S/C11H13BrN2O/c1-8(15)14-7-3-5-10(14)9-4-2-6-13-11(9)12/h2,4,6,10H,3,5,7H2,1H3/t10-/m1/s1. The lowest BCUT2D eigenvalue weighted by molar-refractivity contribution is -0.129. The molecule has 0 spiro atoms. The molecule has 0 aliphatic carbocycles. The number of carbonyl (C=O) groups is 1. The van der Waals surface area contributed by atoms with Crippen LogP contribution < -0.4 is 0 Å². The highest BCUT2D eigenvalue weighted by Crippen LogP contribution is 2.34. The highest BCUT2D eigenvalue weighted by atomic mass is 79.9. The first-order valence-corrected chi connectivity index (χ1v) is 5.87. The first-order chi connectivity index (χ1) is 7.20. The molecular weight excluding hydrogens is 256 g/mol. The Hall–Kier alpha value is -0.900. The highest BCUT2D eigenvalue weighted by Gasteiger charge is 2.29. The molecule has 2 rings (SSSR count). The second kappa shape index (κ2) is 4.31. The van der Waals surface area contributed by atoms with Gasteiger partial charge in [-0.15, -0.1) is 0 Å². The van der Waals surface area contributed by atoms with Gasteiger partial charge in [0.2, 0.25) is 5.91 Å². The summed E-state index contributed by atoms with van der Waals surface area (Å²) in [6, 6.07) is 4.14. The van der Waals surface area contributed by atoms with Crippen molar-refractivity contribution in [3.63, 3.8) is 0 Å². The quantitative estimate of drug-likeness (QED) is 0.734. The Morgan fingerprint density at radius 3 is 3.13 bits per heavy atom. The van der Waals surface area contributed by atoms with Gasteiger partial charge in [-0.05, 0) is 34.8 Å². The molecule has 0 N–H and O–H groups in total. The van der Waals surface area contributed by atoms with Crippen LogP contribution in [-0.2, 0) is 4.79 Å². The molecule has 1 aromatic heterocycles. The van der Waals surface area contributed by atoms with Crippen molar-refractivity contribution in [1.82, 2.24) is 9.88 Å². The fraction of sp³-hybridized carbons (Fsp3) is 0.455. The summed E-state index contributed by atoms with van der Waals surface area (Å²) in [4.78, 5) is 17.5. The van der Waals surface area contributed by atoms with Crippen LogP contribution in [0.2, 0.25) is 0 Å². The number of pyridine rings is 1. The molecule has 0 bridgehead atoms. The van der Waals surface area contributed by atoms with Crippen LogP contribution >= 0.6 is 15.9 Å². The predicted octanol–water partition coefficient (Wildman–Crippen LogP) is 2.53. The third-order valence-corrected chi connectivity index (χ3v) is 3.47. The van der Waals surface area contributed by atoms with E-state index >= 15 is 0 Å². The lowest BCUT2D eigenvalue weighted by Gasteiger charge is -2.23. The Kier molecular flexibility index (Phi) is 3.05. The zero-order chi connectivity index (χ0) is 10.8. The molecule has 0 unspecified atom stereocenters. The Morgan fingerprint density at radius 1 is 1.67 bits per heavy atom. The van der Waals surface area contributed by atoms with Gasteiger partial charge in [-0.25, -0.2) is 4.98 Å². The summed E-state index contributed by atoms with van der Waals surface area (Å²) < 4.78 is 0.850. The van der Waals surface area contributed by atoms with Crippen molar-refractivity contribution in [1.29, 1.82) is 0 Å². The van der Waals surface area contributed by atoms with E-state index in [1.54, 1.807) is 13.1 Å². The van der Waals surface area contributed by atoms with Gasteiger partial charge in [0, 0.05) is 25.2 Å². The molecular formula is C11H13BrN2O. The monoisotopic (exact) mass is 268 g/mol. The summed E-state index contributed by atoms with van der Waals surface area (Å²) in [5, 5.41) is 0. The first-order valence-electron chi connectivity index (χ1n) is 5.08. The maximum absolute atomic E-state index is 11.4. The van der Waals surface area contributed by atoms with E-state index in [1.807, 2.05) is 17.0 Å². The summed E-state index contributed by atoms with van der Waals surface area (Å²) in [5.41, 5.74) is 1.12. The smallest absolute Gasteiger partial charge is 0.219 e. The summed E-state index contributed by atoms with van der Waals surface area (Å²) in [6.45, 7) is 2.49. The number of hydrogen-bond donors (Lipinski definition) is 0. The minimum Gasteiger partial charge on any atom is -0.336 e. The van der Waals surface area contributed by atoms with Crippen molar-refractivity contribution in [2.45, 2.75) is 25.8 Å². The van der Waals surface area contributed by atoms with Crippen molar-refractivity contribution in [2.24, 2.45) is 0 Å². The molecule has 1 atom stereocenters. The molecule has 80 valence electrons. The SMILES string of the molecule is CC(=O)N1CCC[C@@H]1c1cccnc1Br. The van der Waals surface area contributed by atoms with Gasteiger partial charge in [-0.2, -0.15) is 0 Å². The third-order valence-electron chi connectivity index (χ3n) is 2.80. The van der Waals surface area contributed by atoms with E-state index in [1.165, 1.54) is 0 Å². The van der Waals surface area contributed by atoms with Crippen molar-refractivity contribution in [3.8, 4) is 0 Å². The minimum absolute atomic E-state index is 0.147. The van der Waals surface area contributed by atoms with Gasteiger partial charge in [-0.3, -0.25) is 4.79 Å². The van der Waals surface area contributed by atoms with E-state index < -0.39 is 0 Å². The van der Waals surface area contributed by atoms with Crippen molar-refractivity contribution < 1.29 is 4.79 Å².